The zero-order valence-corrected chi connectivity index (χ0v) is 14.0. The highest BCUT2D eigenvalue weighted by atomic mass is 32.2. The van der Waals surface area contributed by atoms with Crippen LogP contribution in [0.25, 0.3) is 0 Å². The van der Waals surface area contributed by atoms with Gasteiger partial charge < -0.3 is 10.6 Å². The Labute approximate surface area is 131 Å². The smallest absolute Gasteiger partial charge is 0.254 e. The molecule has 1 aromatic carbocycles. The molecule has 1 amide bonds. The molecule has 1 aromatic rings. The number of nitrogens with zero attached hydrogens (tertiary/aromatic N) is 1. The van der Waals surface area contributed by atoms with E-state index < -0.39 is 9.84 Å². The van der Waals surface area contributed by atoms with Crippen LogP contribution in [0.1, 0.15) is 30.6 Å². The lowest BCUT2D eigenvalue weighted by Gasteiger charge is -2.26. The molecule has 21 heavy (non-hydrogen) atoms. The summed E-state index contributed by atoms with van der Waals surface area (Å²) in [6.45, 7) is 4.25. The van der Waals surface area contributed by atoms with Gasteiger partial charge in [0.15, 0.2) is 9.84 Å². The molecule has 0 unspecified atom stereocenters. The molecule has 7 heteroatoms. The zero-order chi connectivity index (χ0) is 16.2. The van der Waals surface area contributed by atoms with Crippen LogP contribution in [0.2, 0.25) is 0 Å². The third-order valence-electron chi connectivity index (χ3n) is 3.01. The van der Waals surface area contributed by atoms with E-state index in [-0.39, 0.29) is 16.8 Å². The monoisotopic (exact) mass is 328 g/mol. The third-order valence-corrected chi connectivity index (χ3v) is 4.35. The van der Waals surface area contributed by atoms with Crippen molar-refractivity contribution >= 4 is 33.0 Å². The number of benzene rings is 1. The van der Waals surface area contributed by atoms with Crippen molar-refractivity contribution in [2.24, 2.45) is 5.73 Å². The zero-order valence-electron chi connectivity index (χ0n) is 12.4. The number of hydrogen-bond acceptors (Lipinski definition) is 4. The number of hydrogen-bond donors (Lipinski definition) is 1. The Morgan fingerprint density at radius 1 is 1.29 bits per heavy atom. The Balaban J connectivity index is 2.96. The first kappa shape index (κ1) is 17.6. The summed E-state index contributed by atoms with van der Waals surface area (Å²) in [4.78, 5) is 14.7. The van der Waals surface area contributed by atoms with E-state index in [1.165, 1.54) is 24.3 Å². The molecule has 0 aliphatic heterocycles. The van der Waals surface area contributed by atoms with Gasteiger partial charge in [0, 0.05) is 30.8 Å². The first-order valence-electron chi connectivity index (χ1n) is 6.52. The molecule has 0 aliphatic carbocycles. The Morgan fingerprint density at radius 2 is 1.81 bits per heavy atom. The molecule has 2 N–H and O–H groups in total. The minimum Gasteiger partial charge on any atom is -0.393 e. The summed E-state index contributed by atoms with van der Waals surface area (Å²) in [5, 5.41) is 0. The molecule has 0 saturated carbocycles. The maximum absolute atomic E-state index is 12.5. The fraction of sp³-hybridized carbons (Fsp3) is 0.429. The van der Waals surface area contributed by atoms with Gasteiger partial charge in [0.05, 0.1) is 9.88 Å². The SMILES string of the molecule is CC(C)N(CCC(N)=S)C(=O)c1ccc(S(C)(=O)=O)cc1. The molecule has 0 spiro atoms. The fourth-order valence-corrected chi connectivity index (χ4v) is 2.56. The summed E-state index contributed by atoms with van der Waals surface area (Å²) in [7, 11) is -3.26. The highest BCUT2D eigenvalue weighted by molar-refractivity contribution is 7.90. The van der Waals surface area contributed by atoms with Crippen molar-refractivity contribution in [3.8, 4) is 0 Å². The third kappa shape index (κ3) is 5.09. The van der Waals surface area contributed by atoms with Crippen molar-refractivity contribution in [2.45, 2.75) is 31.2 Å². The van der Waals surface area contributed by atoms with Crippen molar-refractivity contribution in [3.05, 3.63) is 29.8 Å². The van der Waals surface area contributed by atoms with E-state index in [1.807, 2.05) is 13.8 Å². The predicted molar refractivity (Wildman–Crippen MR) is 87.1 cm³/mol. The Bertz CT molecular complexity index is 622. The minimum atomic E-state index is -3.26. The Hall–Kier alpha value is -1.47. The van der Waals surface area contributed by atoms with Gasteiger partial charge in [-0.1, -0.05) is 12.2 Å². The number of nitrogens with two attached hydrogens (primary N) is 1. The van der Waals surface area contributed by atoms with Crippen molar-refractivity contribution in [3.63, 3.8) is 0 Å². The average Bonchev–Trinajstić information content (AvgIpc) is 2.37. The molecule has 0 fully saturated rings. The fourth-order valence-electron chi connectivity index (χ4n) is 1.84. The van der Waals surface area contributed by atoms with Crippen molar-refractivity contribution < 1.29 is 13.2 Å². The lowest BCUT2D eigenvalue weighted by Crippen LogP contribution is -2.39. The molecule has 0 aliphatic rings. The van der Waals surface area contributed by atoms with Crippen LogP contribution in [-0.2, 0) is 9.84 Å². The highest BCUT2D eigenvalue weighted by Crippen LogP contribution is 2.14. The Morgan fingerprint density at radius 3 is 2.19 bits per heavy atom. The van der Waals surface area contributed by atoms with Gasteiger partial charge in [-0.25, -0.2) is 8.42 Å². The second-order valence-corrected chi connectivity index (χ2v) is 7.65. The van der Waals surface area contributed by atoms with Crippen LogP contribution in [-0.4, -0.2) is 43.1 Å². The molecular weight excluding hydrogens is 308 g/mol. The van der Waals surface area contributed by atoms with E-state index >= 15 is 0 Å². The summed E-state index contributed by atoms with van der Waals surface area (Å²) in [6, 6.07) is 5.92. The van der Waals surface area contributed by atoms with E-state index in [0.29, 0.717) is 23.5 Å². The number of rotatable bonds is 6. The van der Waals surface area contributed by atoms with Crippen LogP contribution in [0.4, 0.5) is 0 Å². The molecular formula is C14H20N2O3S2. The largest absolute Gasteiger partial charge is 0.393 e. The summed E-state index contributed by atoms with van der Waals surface area (Å²) in [6.07, 6.45) is 1.59. The number of sulfone groups is 1. The van der Waals surface area contributed by atoms with Gasteiger partial charge in [-0.05, 0) is 38.1 Å². The molecule has 5 nitrogen and oxygen atoms in total. The normalized spacial score (nSPS) is 11.4. The van der Waals surface area contributed by atoms with Crippen molar-refractivity contribution in [1.82, 2.24) is 4.90 Å². The van der Waals surface area contributed by atoms with Gasteiger partial charge >= 0.3 is 0 Å². The minimum absolute atomic E-state index is 0.00133. The van der Waals surface area contributed by atoms with E-state index in [0.717, 1.165) is 6.26 Å². The highest BCUT2D eigenvalue weighted by Gasteiger charge is 2.19. The molecule has 0 radical (unpaired) electrons. The van der Waals surface area contributed by atoms with E-state index in [1.54, 1.807) is 4.90 Å². The second kappa shape index (κ2) is 7.00. The van der Waals surface area contributed by atoms with Gasteiger partial charge in [-0.2, -0.15) is 0 Å². The van der Waals surface area contributed by atoms with Crippen molar-refractivity contribution in [1.29, 1.82) is 0 Å². The Kier molecular flexibility index (Phi) is 5.86. The molecule has 0 heterocycles. The number of carbonyl (C=O) groups excluding carboxylic acids is 1. The topological polar surface area (TPSA) is 80.5 Å². The van der Waals surface area contributed by atoms with Gasteiger partial charge in [0.25, 0.3) is 5.91 Å². The number of amides is 1. The van der Waals surface area contributed by atoms with Gasteiger partial charge in [0.1, 0.15) is 0 Å². The van der Waals surface area contributed by atoms with Crippen LogP contribution in [0.5, 0.6) is 0 Å². The molecule has 0 saturated heterocycles. The summed E-state index contributed by atoms with van der Waals surface area (Å²) < 4.78 is 22.8. The van der Waals surface area contributed by atoms with E-state index in [2.05, 4.69) is 0 Å². The number of thiocarbonyl (C=S) groups is 1. The van der Waals surface area contributed by atoms with Crippen LogP contribution in [0.15, 0.2) is 29.2 Å². The van der Waals surface area contributed by atoms with Gasteiger partial charge in [0.2, 0.25) is 0 Å². The van der Waals surface area contributed by atoms with Crippen molar-refractivity contribution in [2.75, 3.05) is 12.8 Å². The summed E-state index contributed by atoms with van der Waals surface area (Å²) >= 11 is 4.83. The standard InChI is InChI=1S/C14H20N2O3S2/c1-10(2)16(9-8-13(15)20)14(17)11-4-6-12(7-5-11)21(3,18)19/h4-7,10H,8-9H2,1-3H3,(H2,15,20). The van der Waals surface area contributed by atoms with Gasteiger partial charge in [-0.15, -0.1) is 0 Å². The maximum Gasteiger partial charge on any atom is 0.254 e. The van der Waals surface area contributed by atoms with E-state index in [4.69, 9.17) is 18.0 Å². The maximum atomic E-state index is 12.5. The molecule has 0 aromatic heterocycles. The number of carbonyl (C=O) groups is 1. The first-order valence-corrected chi connectivity index (χ1v) is 8.82. The quantitative estimate of drug-likeness (QED) is 0.803. The molecule has 116 valence electrons. The average molecular weight is 328 g/mol. The summed E-state index contributed by atoms with van der Waals surface area (Å²) in [5.41, 5.74) is 5.92. The predicted octanol–water partition coefficient (Wildman–Crippen LogP) is 1.62. The van der Waals surface area contributed by atoms with E-state index in [9.17, 15) is 13.2 Å². The molecule has 0 bridgehead atoms. The molecule has 0 atom stereocenters. The van der Waals surface area contributed by atoms with Crippen LogP contribution in [0.3, 0.4) is 0 Å². The van der Waals surface area contributed by atoms with Crippen LogP contribution < -0.4 is 5.73 Å². The summed E-state index contributed by atoms with van der Waals surface area (Å²) in [5.74, 6) is -0.165. The van der Waals surface area contributed by atoms with Gasteiger partial charge in [-0.3, -0.25) is 4.79 Å². The lowest BCUT2D eigenvalue weighted by molar-refractivity contribution is 0.0711. The van der Waals surface area contributed by atoms with Crippen LogP contribution >= 0.6 is 12.2 Å². The van der Waals surface area contributed by atoms with Crippen LogP contribution in [0, 0.1) is 0 Å². The first-order chi connectivity index (χ1) is 9.62. The second-order valence-electron chi connectivity index (χ2n) is 5.11. The lowest BCUT2D eigenvalue weighted by atomic mass is 10.1. The molecule has 1 rings (SSSR count).